The summed E-state index contributed by atoms with van der Waals surface area (Å²) in [5.41, 5.74) is 0. The molecular formula is C64H180O28Si18. The molecule has 0 rings (SSSR count). The van der Waals surface area contributed by atoms with E-state index in [1.807, 2.05) is 13.1 Å². The summed E-state index contributed by atoms with van der Waals surface area (Å²) in [6.07, 6.45) is 6.82. The van der Waals surface area contributed by atoms with E-state index in [0.29, 0.717) is 72.7 Å². The van der Waals surface area contributed by atoms with Gasteiger partial charge in [0.25, 0.3) is 0 Å². The summed E-state index contributed by atoms with van der Waals surface area (Å²) in [4.78, 5) is 0. The van der Waals surface area contributed by atoms with Gasteiger partial charge >= 0.3 is 51.9 Å². The van der Waals surface area contributed by atoms with Gasteiger partial charge in [0.05, 0.1) is 79.3 Å². The number of aliphatic hydroxyl groups is 6. The molecule has 2 atom stereocenters. The minimum atomic E-state index is -2.87. The van der Waals surface area contributed by atoms with Gasteiger partial charge in [-0.25, -0.2) is 0 Å². The van der Waals surface area contributed by atoms with Crippen LogP contribution in [0.1, 0.15) is 59.3 Å². The summed E-state index contributed by atoms with van der Waals surface area (Å²) in [5, 5.41) is 52.4. The fraction of sp³-hybridized carbons (Fsp3) is 1.00. The number of rotatable bonds is 65. The Balaban J connectivity index is -0.000000205. The lowest BCUT2D eigenvalue weighted by Crippen LogP contribution is -2.56. The SMILES string of the molecule is C.CCCCOCCO.CO[SiH2]C.CO[SiH2]C.C[SiH2]O[Si@@](C)(OCO[SiH](C)C)O[Si](C)(C)O[SiH](C)C.C[SiH2]O[Si@@](C)(OCO[Si](C)(C)CCCOCCO)O[Si](C)(C)O[Si](C)(C)CCCOCCO.C[SiH2]O[Si](C)(C)O[SiH](C)C.C[Si](C)(CCCOCCO)O[Si](C)(C)O[Si](C)(CCCOCCO)CCCOCCO. The molecule has 0 aliphatic heterocycles. The first-order chi connectivity index (χ1) is 50.7. The van der Waals surface area contributed by atoms with Crippen molar-refractivity contribution in [1.82, 2.24) is 0 Å². The van der Waals surface area contributed by atoms with Crippen LogP contribution in [0.25, 0.3) is 0 Å². The third-order valence-corrected chi connectivity index (χ3v) is 63.6. The first-order valence-electron chi connectivity index (χ1n) is 40.1. The molecule has 0 radical (unpaired) electrons. The largest absolute Gasteiger partial charge is 0.479 e. The van der Waals surface area contributed by atoms with Crippen LogP contribution in [0.15, 0.2) is 0 Å². The number of unbranched alkanes of at least 4 members (excludes halogenated alkanes) is 1. The zero-order valence-electron chi connectivity index (χ0n) is 75.6. The van der Waals surface area contributed by atoms with Crippen molar-refractivity contribution in [3.63, 3.8) is 0 Å². The maximum atomic E-state index is 8.88. The lowest BCUT2D eigenvalue weighted by atomic mass is 10.4. The molecular weight excluding hydrogens is 1720 g/mol. The van der Waals surface area contributed by atoms with Crippen molar-refractivity contribution in [2.75, 3.05) is 147 Å². The summed E-state index contributed by atoms with van der Waals surface area (Å²) < 4.78 is 127. The van der Waals surface area contributed by atoms with Gasteiger partial charge in [0, 0.05) is 67.0 Å². The van der Waals surface area contributed by atoms with Gasteiger partial charge in [0.15, 0.2) is 79.9 Å². The molecule has 0 saturated carbocycles. The second-order valence-electron chi connectivity index (χ2n) is 30.1. The van der Waals surface area contributed by atoms with Gasteiger partial charge in [-0.2, -0.15) is 0 Å². The average molecular weight is 1900 g/mol. The lowest BCUT2D eigenvalue weighted by molar-refractivity contribution is 0.0517. The highest BCUT2D eigenvalue weighted by Crippen LogP contribution is 2.31. The number of hydrogen-bond donors (Lipinski definition) is 6. The quantitative estimate of drug-likeness (QED) is 0.0189. The molecule has 6 N–H and O–H groups in total. The highest BCUT2D eigenvalue weighted by molar-refractivity contribution is 6.89. The molecule has 46 heteroatoms. The topological polar surface area (TPSA) is 324 Å². The van der Waals surface area contributed by atoms with Crippen molar-refractivity contribution in [3.05, 3.63) is 0 Å². The number of ether oxygens (including phenoxy) is 6. The minimum absolute atomic E-state index is 0. The molecule has 0 aromatic carbocycles. The fourth-order valence-electron chi connectivity index (χ4n) is 10.2. The Morgan fingerprint density at radius 3 is 0.873 bits per heavy atom. The predicted molar refractivity (Wildman–Crippen MR) is 501 cm³/mol. The Kier molecular flexibility index (Phi) is 93.6. The molecule has 0 unspecified atom stereocenters. The average Bonchev–Trinajstić information content (AvgIpc) is 0.839. The van der Waals surface area contributed by atoms with Crippen molar-refractivity contribution < 1.29 is 127 Å². The van der Waals surface area contributed by atoms with E-state index in [1.165, 1.54) is 0 Å². The highest BCUT2D eigenvalue weighted by atomic mass is 28.5. The first-order valence-corrected chi connectivity index (χ1v) is 86.3. The van der Waals surface area contributed by atoms with E-state index in [4.69, 9.17) is 118 Å². The van der Waals surface area contributed by atoms with Crippen molar-refractivity contribution in [3.8, 4) is 0 Å². The molecule has 0 aromatic rings. The second-order valence-corrected chi connectivity index (χ2v) is 81.7. The van der Waals surface area contributed by atoms with Crippen molar-refractivity contribution in [2.45, 2.75) is 273 Å². The Hall–Kier alpha value is 2.78. The van der Waals surface area contributed by atoms with Gasteiger partial charge in [0.2, 0.25) is 0 Å². The van der Waals surface area contributed by atoms with Crippen LogP contribution in [-0.4, -0.2) is 338 Å². The maximum Gasteiger partial charge on any atom is 0.479 e. The third-order valence-electron chi connectivity index (χ3n) is 14.1. The molecule has 0 heterocycles. The van der Waals surface area contributed by atoms with Gasteiger partial charge in [-0.3, -0.25) is 0 Å². The predicted octanol–water partition coefficient (Wildman–Crippen LogP) is 8.53. The highest BCUT2D eigenvalue weighted by Gasteiger charge is 2.46. The summed E-state index contributed by atoms with van der Waals surface area (Å²) in [5.74, 6) is 0. The standard InChI is InChI=1S/C20H48O8Si3.C19H50O9Si5.C9H30O5Si5.C6H14O2.C5H18O2Si3.2C2H8OSi.CH4/c1-29(2,18-6-12-24-15-9-21)27-30(3,4)28-31(5,19-7-13-25-16-10-22)20-8-14-26-17-11-23;1-29-26-33(8,25-19-24-30(2,3)17-9-13-22-15-11-20)28-32(6,7)27-31(4,5)18-10-14-23-16-12-21;1-15-12-19(8,11-9-10-16(2)3)14-18(6,7)13-17(4)5;1-2-3-5-8-6-4-7;1-8-6-10(4,5)7-9(2)3;2*1-3-4-2;/h21-23H,6-20H2,1-5H3;20-21H,9-19,29H2,1-8H3;16-17H,9,15H2,1-8H3;7H,2-6H2,1H3;9H,8H2,1-5H3;2*4H2,1-2H3;1H4/t;33-;19-;;;;;/m.11...../s1. The number of hydrogen-bond acceptors (Lipinski definition) is 28. The fourth-order valence-corrected chi connectivity index (χ4v) is 62.4. The molecule has 0 saturated heterocycles. The van der Waals surface area contributed by atoms with Crippen LogP contribution in [0.2, 0.25) is 214 Å². The zero-order valence-corrected chi connectivity index (χ0v) is 96.1. The Morgan fingerprint density at radius 2 is 0.582 bits per heavy atom. The van der Waals surface area contributed by atoms with E-state index in [9.17, 15) is 0 Å². The first kappa shape index (κ1) is 128. The van der Waals surface area contributed by atoms with Gasteiger partial charge in [-0.15, -0.1) is 0 Å². The van der Waals surface area contributed by atoms with Crippen LogP contribution in [0.3, 0.4) is 0 Å². The van der Waals surface area contributed by atoms with Gasteiger partial charge < -0.3 is 127 Å². The second kappa shape index (κ2) is 80.2. The molecule has 0 aliphatic carbocycles. The Morgan fingerprint density at radius 1 is 0.300 bits per heavy atom. The monoisotopic (exact) mass is 1900 g/mol. The maximum absolute atomic E-state index is 8.88. The van der Waals surface area contributed by atoms with Crippen molar-refractivity contribution in [2.24, 2.45) is 0 Å². The molecule has 28 nitrogen and oxygen atoms in total. The van der Waals surface area contributed by atoms with Gasteiger partial charge in [-0.05, 0) is 206 Å². The molecule has 110 heavy (non-hydrogen) atoms. The van der Waals surface area contributed by atoms with E-state index in [-0.39, 0.29) is 89.9 Å². The Labute approximate surface area is 702 Å². The zero-order chi connectivity index (χ0) is 85.5. The van der Waals surface area contributed by atoms with E-state index >= 15 is 0 Å². The minimum Gasteiger partial charge on any atom is -0.442 e. The lowest BCUT2D eigenvalue weighted by Gasteiger charge is -2.40. The normalized spacial score (nSPS) is 14.0. The van der Waals surface area contributed by atoms with Crippen LogP contribution in [0.4, 0.5) is 0 Å². The molecule has 0 fully saturated rings. The van der Waals surface area contributed by atoms with Crippen LogP contribution in [0.5, 0.6) is 0 Å². The molecule has 676 valence electrons. The summed E-state index contributed by atoms with van der Waals surface area (Å²) >= 11 is 0. The van der Waals surface area contributed by atoms with Gasteiger partial charge in [0.1, 0.15) is 42.9 Å². The van der Waals surface area contributed by atoms with Crippen LogP contribution < -0.4 is 0 Å². The van der Waals surface area contributed by atoms with Crippen LogP contribution in [-0.2, 0) is 96.1 Å². The van der Waals surface area contributed by atoms with Crippen molar-refractivity contribution >= 4 is 161 Å². The van der Waals surface area contributed by atoms with E-state index in [2.05, 4.69) is 186 Å². The summed E-state index contributed by atoms with van der Waals surface area (Å²) in [7, 11) is -23.2. The van der Waals surface area contributed by atoms with E-state index in [0.717, 1.165) is 81.8 Å². The summed E-state index contributed by atoms with van der Waals surface area (Å²) in [6.45, 7) is 68.9. The Bertz CT molecular complexity index is 1880. The molecule has 0 bridgehead atoms. The molecule has 0 amide bonds. The van der Waals surface area contributed by atoms with Crippen LogP contribution >= 0.6 is 0 Å². The smallest absolute Gasteiger partial charge is 0.442 e. The summed E-state index contributed by atoms with van der Waals surface area (Å²) in [6, 6.07) is 4.88. The molecule has 0 spiro atoms. The van der Waals surface area contributed by atoms with E-state index in [1.54, 1.807) is 14.2 Å². The number of aliphatic hydroxyl groups excluding tert-OH is 6. The molecule has 0 aromatic heterocycles. The molecule has 0 aliphatic rings. The third kappa shape index (κ3) is 97.9. The van der Waals surface area contributed by atoms with E-state index < -0.39 is 132 Å². The van der Waals surface area contributed by atoms with Gasteiger partial charge in [-0.1, -0.05) is 53.5 Å². The van der Waals surface area contributed by atoms with Crippen molar-refractivity contribution in [1.29, 1.82) is 0 Å². The van der Waals surface area contributed by atoms with Crippen LogP contribution in [0, 0.1) is 0 Å².